The van der Waals surface area contributed by atoms with Gasteiger partial charge < -0.3 is 19.2 Å². The number of hydrogen-bond acceptors (Lipinski definition) is 5. The van der Waals surface area contributed by atoms with E-state index in [-0.39, 0.29) is 0 Å². The Labute approximate surface area is 195 Å². The monoisotopic (exact) mass is 451 g/mol. The molecular weight excluding hydrogens is 418 g/mol. The number of fused-ring (bicyclic) bond motifs is 1. The number of rotatable bonds is 8. The molecule has 1 fully saturated rings. The van der Waals surface area contributed by atoms with Gasteiger partial charge in [-0.15, -0.1) is 0 Å². The van der Waals surface area contributed by atoms with Gasteiger partial charge in [0, 0.05) is 42.9 Å². The van der Waals surface area contributed by atoms with Crippen molar-refractivity contribution in [2.75, 3.05) is 32.2 Å². The Kier molecular flexibility index (Phi) is 7.52. The van der Waals surface area contributed by atoms with Gasteiger partial charge in [-0.2, -0.15) is 0 Å². The smallest absolute Gasteiger partial charge is 0.418 e. The van der Waals surface area contributed by atoms with E-state index in [1.54, 1.807) is 6.07 Å². The summed E-state index contributed by atoms with van der Waals surface area (Å²) < 4.78 is 16.8. The SMILES string of the molecule is CC(C)COc1cccc2[nH]c(OC(=O)Nc3ccc(CN(C)C4CCOCC4)cc3)cc12. The van der Waals surface area contributed by atoms with E-state index >= 15 is 0 Å². The normalized spacial score (nSPS) is 14.7. The summed E-state index contributed by atoms with van der Waals surface area (Å²) in [6.45, 7) is 7.37. The van der Waals surface area contributed by atoms with Crippen molar-refractivity contribution < 1.29 is 19.0 Å². The number of H-pyrrole nitrogens is 1. The minimum Gasteiger partial charge on any atom is -0.493 e. The third-order valence-electron chi connectivity index (χ3n) is 5.82. The maximum absolute atomic E-state index is 12.4. The molecule has 33 heavy (non-hydrogen) atoms. The number of nitrogens with zero attached hydrogens (tertiary/aromatic N) is 1. The van der Waals surface area contributed by atoms with Gasteiger partial charge in [0.15, 0.2) is 0 Å². The number of benzene rings is 2. The van der Waals surface area contributed by atoms with Crippen molar-refractivity contribution in [2.45, 2.75) is 39.3 Å². The fraction of sp³-hybridized carbons (Fsp3) is 0.423. The van der Waals surface area contributed by atoms with Crippen LogP contribution in [0.5, 0.6) is 11.6 Å². The summed E-state index contributed by atoms with van der Waals surface area (Å²) in [5.41, 5.74) is 2.75. The van der Waals surface area contributed by atoms with Crippen LogP contribution in [-0.2, 0) is 11.3 Å². The predicted molar refractivity (Wildman–Crippen MR) is 130 cm³/mol. The fourth-order valence-electron chi connectivity index (χ4n) is 4.02. The molecule has 1 amide bonds. The average molecular weight is 452 g/mol. The summed E-state index contributed by atoms with van der Waals surface area (Å²) in [7, 11) is 2.15. The highest BCUT2D eigenvalue weighted by molar-refractivity contribution is 5.90. The summed E-state index contributed by atoms with van der Waals surface area (Å²) in [6, 6.07) is 16.0. The van der Waals surface area contributed by atoms with E-state index in [1.807, 2.05) is 42.5 Å². The first-order valence-electron chi connectivity index (χ1n) is 11.6. The summed E-state index contributed by atoms with van der Waals surface area (Å²) in [6.07, 6.45) is 1.60. The lowest BCUT2D eigenvalue weighted by molar-refractivity contribution is 0.0407. The Hall–Kier alpha value is -3.03. The molecule has 1 saturated heterocycles. The van der Waals surface area contributed by atoms with Gasteiger partial charge in [0.2, 0.25) is 5.88 Å². The number of carbonyl (C=O) groups is 1. The van der Waals surface area contributed by atoms with Crippen LogP contribution in [0.25, 0.3) is 10.9 Å². The van der Waals surface area contributed by atoms with Crippen LogP contribution in [0.1, 0.15) is 32.3 Å². The zero-order valence-corrected chi connectivity index (χ0v) is 19.6. The van der Waals surface area contributed by atoms with Crippen LogP contribution in [-0.4, -0.2) is 48.9 Å². The Morgan fingerprint density at radius 2 is 1.94 bits per heavy atom. The van der Waals surface area contributed by atoms with Crippen LogP contribution in [0.15, 0.2) is 48.5 Å². The minimum absolute atomic E-state index is 0.373. The minimum atomic E-state index is -0.543. The second-order valence-corrected chi connectivity index (χ2v) is 9.03. The predicted octanol–water partition coefficient (Wildman–Crippen LogP) is 5.42. The molecule has 1 aromatic heterocycles. The van der Waals surface area contributed by atoms with Crippen molar-refractivity contribution in [2.24, 2.45) is 5.92 Å². The molecule has 0 aliphatic carbocycles. The fourth-order valence-corrected chi connectivity index (χ4v) is 4.02. The highest BCUT2D eigenvalue weighted by atomic mass is 16.6. The van der Waals surface area contributed by atoms with E-state index in [2.05, 4.69) is 36.1 Å². The van der Waals surface area contributed by atoms with E-state index in [0.717, 1.165) is 49.3 Å². The van der Waals surface area contributed by atoms with Gasteiger partial charge in [-0.25, -0.2) is 4.79 Å². The average Bonchev–Trinajstić information content (AvgIpc) is 3.22. The number of anilines is 1. The second kappa shape index (κ2) is 10.7. The zero-order valence-electron chi connectivity index (χ0n) is 19.6. The summed E-state index contributed by atoms with van der Waals surface area (Å²) in [4.78, 5) is 17.9. The molecule has 0 saturated carbocycles. The number of aromatic amines is 1. The Bertz CT molecular complexity index is 1060. The molecule has 2 N–H and O–H groups in total. The van der Waals surface area contributed by atoms with E-state index < -0.39 is 6.09 Å². The molecule has 176 valence electrons. The van der Waals surface area contributed by atoms with E-state index in [0.29, 0.717) is 30.1 Å². The molecule has 4 rings (SSSR count). The standard InChI is InChI=1S/C26H33N3O4/c1-18(2)17-32-24-6-4-5-23-22(24)15-25(28-23)33-26(30)27-20-9-7-19(8-10-20)16-29(3)21-11-13-31-14-12-21/h4-10,15,18,21,28H,11-14,16-17H2,1-3H3,(H,27,30). The number of hydrogen-bond donors (Lipinski definition) is 2. The Morgan fingerprint density at radius 3 is 2.67 bits per heavy atom. The molecular formula is C26H33N3O4. The molecule has 0 spiro atoms. The number of amides is 1. The van der Waals surface area contributed by atoms with Crippen LogP contribution >= 0.6 is 0 Å². The van der Waals surface area contributed by atoms with Gasteiger partial charge in [-0.3, -0.25) is 10.2 Å². The Balaban J connectivity index is 1.33. The number of ether oxygens (including phenoxy) is 3. The van der Waals surface area contributed by atoms with Gasteiger partial charge >= 0.3 is 6.09 Å². The van der Waals surface area contributed by atoms with Crippen molar-refractivity contribution in [1.82, 2.24) is 9.88 Å². The van der Waals surface area contributed by atoms with Gasteiger partial charge in [0.1, 0.15) is 5.75 Å². The molecule has 1 aliphatic heterocycles. The highest BCUT2D eigenvalue weighted by Crippen LogP contribution is 2.30. The summed E-state index contributed by atoms with van der Waals surface area (Å²) >= 11 is 0. The molecule has 1 aliphatic rings. The van der Waals surface area contributed by atoms with E-state index in [4.69, 9.17) is 14.2 Å². The lowest BCUT2D eigenvalue weighted by Gasteiger charge is -2.31. The lowest BCUT2D eigenvalue weighted by atomic mass is 10.1. The molecule has 7 nitrogen and oxygen atoms in total. The maximum Gasteiger partial charge on any atom is 0.418 e. The van der Waals surface area contributed by atoms with Crippen LogP contribution < -0.4 is 14.8 Å². The first kappa shape index (κ1) is 23.1. The van der Waals surface area contributed by atoms with Crippen molar-refractivity contribution in [3.8, 4) is 11.6 Å². The lowest BCUT2D eigenvalue weighted by Crippen LogP contribution is -2.36. The molecule has 0 atom stereocenters. The third kappa shape index (κ3) is 6.27. The topological polar surface area (TPSA) is 75.8 Å². The first-order valence-corrected chi connectivity index (χ1v) is 11.6. The van der Waals surface area contributed by atoms with Crippen LogP contribution in [0.4, 0.5) is 10.5 Å². The molecule has 7 heteroatoms. The van der Waals surface area contributed by atoms with Gasteiger partial charge in [-0.05, 0) is 55.6 Å². The van der Waals surface area contributed by atoms with Crippen molar-refractivity contribution >= 4 is 22.7 Å². The van der Waals surface area contributed by atoms with Crippen LogP contribution in [0.2, 0.25) is 0 Å². The number of aromatic nitrogens is 1. The van der Waals surface area contributed by atoms with Gasteiger partial charge in [0.05, 0.1) is 12.1 Å². The van der Waals surface area contributed by atoms with Crippen LogP contribution in [0.3, 0.4) is 0 Å². The quantitative estimate of drug-likeness (QED) is 0.478. The molecule has 0 bridgehead atoms. The third-order valence-corrected chi connectivity index (χ3v) is 5.82. The van der Waals surface area contributed by atoms with E-state index in [1.165, 1.54) is 5.56 Å². The van der Waals surface area contributed by atoms with Gasteiger partial charge in [-0.1, -0.05) is 32.0 Å². The largest absolute Gasteiger partial charge is 0.493 e. The molecule has 2 aromatic carbocycles. The molecule has 0 unspecified atom stereocenters. The second-order valence-electron chi connectivity index (χ2n) is 9.03. The molecule has 3 aromatic rings. The zero-order chi connectivity index (χ0) is 23.2. The molecule has 0 radical (unpaired) electrons. The number of carbonyl (C=O) groups excluding carboxylic acids is 1. The van der Waals surface area contributed by atoms with Crippen molar-refractivity contribution in [1.29, 1.82) is 0 Å². The molecule has 2 heterocycles. The van der Waals surface area contributed by atoms with Gasteiger partial charge in [0.25, 0.3) is 0 Å². The number of nitrogens with one attached hydrogen (secondary N) is 2. The first-order chi connectivity index (χ1) is 16.0. The van der Waals surface area contributed by atoms with Crippen molar-refractivity contribution in [3.05, 3.63) is 54.1 Å². The van der Waals surface area contributed by atoms with Crippen molar-refractivity contribution in [3.63, 3.8) is 0 Å². The summed E-state index contributed by atoms with van der Waals surface area (Å²) in [5, 5.41) is 3.68. The van der Waals surface area contributed by atoms with Crippen LogP contribution in [0, 0.1) is 5.92 Å². The highest BCUT2D eigenvalue weighted by Gasteiger charge is 2.18. The Morgan fingerprint density at radius 1 is 1.18 bits per heavy atom. The summed E-state index contributed by atoms with van der Waals surface area (Å²) in [5.74, 6) is 1.57. The van der Waals surface area contributed by atoms with E-state index in [9.17, 15) is 4.79 Å². The maximum atomic E-state index is 12.4.